The Bertz CT molecular complexity index is 583. The number of carboxylic acid groups (broad SMARTS) is 1. The third-order valence-corrected chi connectivity index (χ3v) is 3.85. The fraction of sp³-hybridized carbons (Fsp3) is 0.471. The minimum absolute atomic E-state index is 0.167. The first-order chi connectivity index (χ1) is 11.0. The lowest BCUT2D eigenvalue weighted by molar-refractivity contribution is -0.137. The van der Waals surface area contributed by atoms with Gasteiger partial charge in [0.1, 0.15) is 6.54 Å². The van der Waals surface area contributed by atoms with Crippen LogP contribution >= 0.6 is 0 Å². The van der Waals surface area contributed by atoms with Gasteiger partial charge in [0.25, 0.3) is 5.91 Å². The van der Waals surface area contributed by atoms with E-state index in [1.54, 1.807) is 12.1 Å². The number of benzene rings is 1. The largest absolute Gasteiger partial charge is 0.480 e. The molecule has 1 aromatic carbocycles. The van der Waals surface area contributed by atoms with Gasteiger partial charge in [0.05, 0.1) is 0 Å². The maximum atomic E-state index is 12.4. The molecule has 0 aliphatic carbocycles. The number of likely N-dealkylation sites (tertiary alicyclic amines) is 1. The monoisotopic (exact) mass is 318 g/mol. The first-order valence-corrected chi connectivity index (χ1v) is 7.89. The lowest BCUT2D eigenvalue weighted by Crippen LogP contribution is -2.36. The van der Waals surface area contributed by atoms with E-state index >= 15 is 0 Å². The highest BCUT2D eigenvalue weighted by Gasteiger charge is 2.21. The maximum Gasteiger partial charge on any atom is 0.323 e. The summed E-state index contributed by atoms with van der Waals surface area (Å²) in [6, 6.07) is 7.04. The summed E-state index contributed by atoms with van der Waals surface area (Å²) in [7, 11) is 0. The highest BCUT2D eigenvalue weighted by atomic mass is 16.4. The maximum absolute atomic E-state index is 12.4. The summed E-state index contributed by atoms with van der Waals surface area (Å²) >= 11 is 0. The highest BCUT2D eigenvalue weighted by molar-refractivity contribution is 5.95. The number of amides is 2. The number of carbonyl (C=O) groups excluding carboxylic acids is 2. The van der Waals surface area contributed by atoms with Gasteiger partial charge in [0.15, 0.2) is 0 Å². The van der Waals surface area contributed by atoms with Crippen molar-refractivity contribution in [3.05, 3.63) is 35.4 Å². The molecule has 1 aliphatic heterocycles. The molecule has 0 spiro atoms. The average Bonchev–Trinajstić information content (AvgIpc) is 2.92. The number of aliphatic carboxylic acids is 1. The topological polar surface area (TPSA) is 77.9 Å². The summed E-state index contributed by atoms with van der Waals surface area (Å²) in [4.78, 5) is 38.0. The van der Waals surface area contributed by atoms with Crippen molar-refractivity contribution in [3.63, 3.8) is 0 Å². The zero-order valence-corrected chi connectivity index (χ0v) is 13.3. The van der Waals surface area contributed by atoms with Gasteiger partial charge >= 0.3 is 5.97 Å². The van der Waals surface area contributed by atoms with E-state index < -0.39 is 5.97 Å². The minimum atomic E-state index is -1.02. The van der Waals surface area contributed by atoms with E-state index in [1.165, 1.54) is 4.90 Å². The lowest BCUT2D eigenvalue weighted by atomic mass is 10.1. The molecular formula is C17H22N2O4. The molecular weight excluding hydrogens is 296 g/mol. The Morgan fingerprint density at radius 1 is 1.26 bits per heavy atom. The van der Waals surface area contributed by atoms with E-state index in [0.717, 1.165) is 18.5 Å². The van der Waals surface area contributed by atoms with Crippen LogP contribution in [0.25, 0.3) is 0 Å². The molecule has 1 saturated heterocycles. The average molecular weight is 318 g/mol. The molecule has 0 atom stereocenters. The molecule has 0 radical (unpaired) electrons. The molecule has 6 nitrogen and oxygen atoms in total. The van der Waals surface area contributed by atoms with Crippen LogP contribution in [0.3, 0.4) is 0 Å². The molecule has 0 unspecified atom stereocenters. The van der Waals surface area contributed by atoms with Crippen LogP contribution in [0.2, 0.25) is 0 Å². The summed E-state index contributed by atoms with van der Waals surface area (Å²) in [6.07, 6.45) is 2.21. The van der Waals surface area contributed by atoms with Crippen LogP contribution in [0.15, 0.2) is 24.3 Å². The minimum Gasteiger partial charge on any atom is -0.480 e. The molecule has 1 fully saturated rings. The first-order valence-electron chi connectivity index (χ1n) is 7.89. The van der Waals surface area contributed by atoms with Crippen LogP contribution in [0.4, 0.5) is 0 Å². The van der Waals surface area contributed by atoms with Crippen molar-refractivity contribution in [2.75, 3.05) is 19.6 Å². The Labute approximate surface area is 135 Å². The number of carbonyl (C=O) groups is 3. The molecule has 0 aromatic heterocycles. The predicted molar refractivity (Wildman–Crippen MR) is 84.9 cm³/mol. The number of carboxylic acids is 1. The van der Waals surface area contributed by atoms with Crippen LogP contribution in [0, 0.1) is 0 Å². The number of hydrogen-bond donors (Lipinski definition) is 1. The lowest BCUT2D eigenvalue weighted by Gasteiger charge is -2.20. The van der Waals surface area contributed by atoms with E-state index in [-0.39, 0.29) is 18.4 Å². The molecule has 0 saturated carbocycles. The Hall–Kier alpha value is -2.37. The molecule has 1 aromatic rings. The normalized spacial score (nSPS) is 14.1. The molecule has 0 bridgehead atoms. The Balaban J connectivity index is 2.03. The van der Waals surface area contributed by atoms with Crippen molar-refractivity contribution in [3.8, 4) is 0 Å². The van der Waals surface area contributed by atoms with Crippen molar-refractivity contribution in [2.45, 2.75) is 32.7 Å². The van der Waals surface area contributed by atoms with Gasteiger partial charge < -0.3 is 14.9 Å². The van der Waals surface area contributed by atoms with Gasteiger partial charge in [0.2, 0.25) is 5.91 Å². The molecule has 6 heteroatoms. The molecule has 1 heterocycles. The Morgan fingerprint density at radius 2 is 1.96 bits per heavy atom. The molecule has 2 rings (SSSR count). The van der Waals surface area contributed by atoms with Crippen LogP contribution < -0.4 is 0 Å². The van der Waals surface area contributed by atoms with Crippen LogP contribution in [0.5, 0.6) is 0 Å². The number of rotatable bonds is 7. The quantitative estimate of drug-likeness (QED) is 0.831. The van der Waals surface area contributed by atoms with E-state index in [1.807, 2.05) is 24.0 Å². The second kappa shape index (κ2) is 7.76. The van der Waals surface area contributed by atoms with Crippen molar-refractivity contribution in [1.82, 2.24) is 9.80 Å². The van der Waals surface area contributed by atoms with E-state index in [9.17, 15) is 14.4 Å². The second-order valence-electron chi connectivity index (χ2n) is 5.74. The van der Waals surface area contributed by atoms with Crippen molar-refractivity contribution in [1.29, 1.82) is 0 Å². The predicted octanol–water partition coefficient (Wildman–Crippen LogP) is 1.75. The molecule has 124 valence electrons. The SMILES string of the molecule is CCCN(CC(=O)O)C(=O)c1ccc(CN2CCCC2=O)cc1. The summed E-state index contributed by atoms with van der Waals surface area (Å²) in [6.45, 7) is 3.35. The number of nitrogens with zero attached hydrogens (tertiary/aromatic N) is 2. The second-order valence-corrected chi connectivity index (χ2v) is 5.74. The van der Waals surface area contributed by atoms with Gasteiger partial charge in [-0.15, -0.1) is 0 Å². The third kappa shape index (κ3) is 4.55. The van der Waals surface area contributed by atoms with E-state index in [4.69, 9.17) is 5.11 Å². The molecule has 2 amide bonds. The van der Waals surface area contributed by atoms with Crippen molar-refractivity contribution < 1.29 is 19.5 Å². The van der Waals surface area contributed by atoms with Crippen LogP contribution in [-0.2, 0) is 16.1 Å². The van der Waals surface area contributed by atoms with Gasteiger partial charge in [-0.05, 0) is 30.5 Å². The van der Waals surface area contributed by atoms with Gasteiger partial charge in [-0.2, -0.15) is 0 Å². The molecule has 1 N–H and O–H groups in total. The summed E-state index contributed by atoms with van der Waals surface area (Å²) in [5.41, 5.74) is 1.44. The van der Waals surface area contributed by atoms with Crippen molar-refractivity contribution in [2.24, 2.45) is 0 Å². The highest BCUT2D eigenvalue weighted by Crippen LogP contribution is 2.15. The van der Waals surface area contributed by atoms with Gasteiger partial charge in [-0.25, -0.2) is 0 Å². The first kappa shape index (κ1) is 17.0. The van der Waals surface area contributed by atoms with Crippen LogP contribution in [0.1, 0.15) is 42.1 Å². The summed E-state index contributed by atoms with van der Waals surface area (Å²) in [5, 5.41) is 8.90. The van der Waals surface area contributed by atoms with Crippen molar-refractivity contribution >= 4 is 17.8 Å². The van der Waals surface area contributed by atoms with Gasteiger partial charge in [-0.1, -0.05) is 19.1 Å². The summed E-state index contributed by atoms with van der Waals surface area (Å²) < 4.78 is 0. The fourth-order valence-electron chi connectivity index (χ4n) is 2.71. The fourth-order valence-corrected chi connectivity index (χ4v) is 2.71. The zero-order chi connectivity index (χ0) is 16.8. The van der Waals surface area contributed by atoms with Gasteiger partial charge in [-0.3, -0.25) is 14.4 Å². The number of hydrogen-bond acceptors (Lipinski definition) is 3. The Morgan fingerprint density at radius 3 is 2.48 bits per heavy atom. The van der Waals surface area contributed by atoms with E-state index in [0.29, 0.717) is 31.5 Å². The smallest absolute Gasteiger partial charge is 0.323 e. The third-order valence-electron chi connectivity index (χ3n) is 3.85. The van der Waals surface area contributed by atoms with Crippen LogP contribution in [-0.4, -0.2) is 52.3 Å². The van der Waals surface area contributed by atoms with E-state index in [2.05, 4.69) is 0 Å². The molecule has 23 heavy (non-hydrogen) atoms. The zero-order valence-electron chi connectivity index (χ0n) is 13.3. The molecule has 1 aliphatic rings. The summed E-state index contributed by atoms with van der Waals surface area (Å²) in [5.74, 6) is -1.13. The Kier molecular flexibility index (Phi) is 5.73. The van der Waals surface area contributed by atoms with Gasteiger partial charge in [0, 0.05) is 31.6 Å². The standard InChI is InChI=1S/C17H22N2O4/c1-2-9-19(12-16(21)22)17(23)14-7-5-13(6-8-14)11-18-10-3-4-15(18)20/h5-8H,2-4,9-12H2,1H3,(H,21,22).